The summed E-state index contributed by atoms with van der Waals surface area (Å²) in [4.78, 5) is 37.9. The smallest absolute Gasteiger partial charge is 0.325 e. The second-order valence-corrected chi connectivity index (χ2v) is 6.77. The van der Waals surface area contributed by atoms with Crippen LogP contribution >= 0.6 is 11.3 Å². The Bertz CT molecular complexity index is 542. The fourth-order valence-corrected chi connectivity index (χ4v) is 3.05. The first-order valence-electron chi connectivity index (χ1n) is 7.38. The van der Waals surface area contributed by atoms with Gasteiger partial charge in [0.25, 0.3) is 5.91 Å². The maximum Gasteiger partial charge on any atom is 0.325 e. The average molecular weight is 323 g/mol. The van der Waals surface area contributed by atoms with Gasteiger partial charge >= 0.3 is 6.03 Å². The lowest BCUT2D eigenvalue weighted by Gasteiger charge is -2.13. The molecular weight excluding hydrogens is 302 g/mol. The zero-order valence-corrected chi connectivity index (χ0v) is 13.6. The molecule has 1 aliphatic heterocycles. The van der Waals surface area contributed by atoms with E-state index < -0.39 is 12.1 Å². The van der Waals surface area contributed by atoms with Crippen molar-refractivity contribution >= 4 is 29.2 Å². The van der Waals surface area contributed by atoms with Crippen LogP contribution in [-0.4, -0.2) is 41.9 Å². The first kappa shape index (κ1) is 16.5. The largest absolute Gasteiger partial charge is 0.354 e. The molecule has 1 saturated heterocycles. The Labute approximate surface area is 133 Å². The van der Waals surface area contributed by atoms with Gasteiger partial charge in [0.15, 0.2) is 0 Å². The third kappa shape index (κ3) is 4.30. The summed E-state index contributed by atoms with van der Waals surface area (Å²) < 4.78 is 0. The Morgan fingerprint density at radius 3 is 2.86 bits per heavy atom. The van der Waals surface area contributed by atoms with E-state index in [1.54, 1.807) is 11.3 Å². The Hall–Kier alpha value is -1.89. The number of hydrogen-bond donors (Lipinski definition) is 2. The number of carbonyl (C=O) groups is 3. The summed E-state index contributed by atoms with van der Waals surface area (Å²) in [6.45, 7) is 4.25. The normalized spacial score (nSPS) is 18.0. The molecule has 2 rings (SSSR count). The fraction of sp³-hybridized carbons (Fsp3) is 0.533. The molecule has 1 aromatic rings. The first-order chi connectivity index (χ1) is 10.5. The van der Waals surface area contributed by atoms with Crippen molar-refractivity contribution in [1.82, 2.24) is 15.5 Å². The van der Waals surface area contributed by atoms with Crippen molar-refractivity contribution in [3.63, 3.8) is 0 Å². The monoisotopic (exact) mass is 323 g/mol. The first-order valence-corrected chi connectivity index (χ1v) is 8.26. The predicted octanol–water partition coefficient (Wildman–Crippen LogP) is 1.37. The molecule has 1 unspecified atom stereocenters. The van der Waals surface area contributed by atoms with Crippen molar-refractivity contribution in [3.8, 4) is 0 Å². The standard InChI is InChI=1S/C15H21N3O3S/c1-10(2)8-12-14(20)18(15(21)17-12)9-13(19)16-6-5-11-4-3-7-22-11/h3-4,7,10,12H,5-6,8-9H2,1-2H3,(H,16,19)(H,17,21). The molecule has 120 valence electrons. The second kappa shape index (κ2) is 7.40. The Morgan fingerprint density at radius 1 is 1.45 bits per heavy atom. The molecule has 1 atom stereocenters. The van der Waals surface area contributed by atoms with Crippen LogP contribution in [0.1, 0.15) is 25.1 Å². The summed E-state index contributed by atoms with van der Waals surface area (Å²) in [5.41, 5.74) is 0. The molecule has 22 heavy (non-hydrogen) atoms. The highest BCUT2D eigenvalue weighted by Crippen LogP contribution is 2.14. The molecule has 7 heteroatoms. The van der Waals surface area contributed by atoms with E-state index in [9.17, 15) is 14.4 Å². The molecule has 1 aliphatic rings. The Balaban J connectivity index is 1.78. The van der Waals surface area contributed by atoms with E-state index in [0.717, 1.165) is 11.3 Å². The van der Waals surface area contributed by atoms with Crippen LogP contribution in [-0.2, 0) is 16.0 Å². The van der Waals surface area contributed by atoms with Crippen LogP contribution in [0.5, 0.6) is 0 Å². The lowest BCUT2D eigenvalue weighted by molar-refractivity contribution is -0.132. The third-order valence-electron chi connectivity index (χ3n) is 3.39. The number of imide groups is 1. The van der Waals surface area contributed by atoms with E-state index in [0.29, 0.717) is 18.9 Å². The Kier molecular flexibility index (Phi) is 5.54. The van der Waals surface area contributed by atoms with Crippen molar-refractivity contribution in [2.75, 3.05) is 13.1 Å². The summed E-state index contributed by atoms with van der Waals surface area (Å²) in [5, 5.41) is 7.35. The molecule has 4 amide bonds. The van der Waals surface area contributed by atoms with Crippen LogP contribution in [0, 0.1) is 5.92 Å². The van der Waals surface area contributed by atoms with Gasteiger partial charge in [-0.25, -0.2) is 4.79 Å². The van der Waals surface area contributed by atoms with Gasteiger partial charge < -0.3 is 10.6 Å². The highest BCUT2D eigenvalue weighted by atomic mass is 32.1. The number of nitrogens with one attached hydrogen (secondary N) is 2. The lowest BCUT2D eigenvalue weighted by atomic mass is 10.0. The summed E-state index contributed by atoms with van der Waals surface area (Å²) in [6.07, 6.45) is 1.33. The molecule has 1 fully saturated rings. The molecule has 0 radical (unpaired) electrons. The van der Waals surface area contributed by atoms with Gasteiger partial charge in [0.1, 0.15) is 12.6 Å². The minimum Gasteiger partial charge on any atom is -0.354 e. The van der Waals surface area contributed by atoms with Crippen molar-refractivity contribution in [2.45, 2.75) is 32.7 Å². The number of hydrogen-bond acceptors (Lipinski definition) is 4. The van der Waals surface area contributed by atoms with E-state index >= 15 is 0 Å². The second-order valence-electron chi connectivity index (χ2n) is 5.74. The number of carbonyl (C=O) groups excluding carboxylic acids is 3. The molecule has 0 bridgehead atoms. The summed E-state index contributed by atoms with van der Waals surface area (Å²) >= 11 is 1.63. The van der Waals surface area contributed by atoms with Crippen LogP contribution in [0.15, 0.2) is 17.5 Å². The van der Waals surface area contributed by atoms with Gasteiger partial charge in [-0.2, -0.15) is 0 Å². The van der Waals surface area contributed by atoms with E-state index in [-0.39, 0.29) is 18.4 Å². The van der Waals surface area contributed by atoms with Gasteiger partial charge in [-0.05, 0) is 30.2 Å². The predicted molar refractivity (Wildman–Crippen MR) is 84.5 cm³/mol. The maximum atomic E-state index is 12.1. The topological polar surface area (TPSA) is 78.5 Å². The highest BCUT2D eigenvalue weighted by Gasteiger charge is 2.38. The van der Waals surface area contributed by atoms with Crippen molar-refractivity contribution in [1.29, 1.82) is 0 Å². The molecule has 2 N–H and O–H groups in total. The number of nitrogens with zero attached hydrogens (tertiary/aromatic N) is 1. The highest BCUT2D eigenvalue weighted by molar-refractivity contribution is 7.09. The third-order valence-corrected chi connectivity index (χ3v) is 4.33. The van der Waals surface area contributed by atoms with Crippen LogP contribution in [0.3, 0.4) is 0 Å². The molecule has 2 heterocycles. The van der Waals surface area contributed by atoms with Crippen molar-refractivity contribution in [2.24, 2.45) is 5.92 Å². The number of urea groups is 1. The number of amides is 4. The number of rotatable bonds is 7. The molecule has 6 nitrogen and oxygen atoms in total. The van der Waals surface area contributed by atoms with Gasteiger partial charge in [-0.1, -0.05) is 19.9 Å². The van der Waals surface area contributed by atoms with Gasteiger partial charge in [0.05, 0.1) is 0 Å². The summed E-state index contributed by atoms with van der Waals surface area (Å²) in [7, 11) is 0. The SMILES string of the molecule is CC(C)CC1NC(=O)N(CC(=O)NCCc2cccs2)C1=O. The minimum atomic E-state index is -0.508. The molecule has 0 aliphatic carbocycles. The average Bonchev–Trinajstić information content (AvgIpc) is 3.03. The van der Waals surface area contributed by atoms with Crippen molar-refractivity contribution in [3.05, 3.63) is 22.4 Å². The molecule has 1 aromatic heterocycles. The van der Waals surface area contributed by atoms with Gasteiger partial charge in [-0.15, -0.1) is 11.3 Å². The van der Waals surface area contributed by atoms with E-state index in [1.807, 2.05) is 31.4 Å². The zero-order chi connectivity index (χ0) is 16.1. The minimum absolute atomic E-state index is 0.219. The van der Waals surface area contributed by atoms with Gasteiger partial charge in [0.2, 0.25) is 5.91 Å². The quantitative estimate of drug-likeness (QED) is 0.744. The van der Waals surface area contributed by atoms with Gasteiger partial charge in [-0.3, -0.25) is 14.5 Å². The van der Waals surface area contributed by atoms with Crippen molar-refractivity contribution < 1.29 is 14.4 Å². The van der Waals surface area contributed by atoms with Crippen LogP contribution < -0.4 is 10.6 Å². The van der Waals surface area contributed by atoms with E-state index in [4.69, 9.17) is 0 Å². The Morgan fingerprint density at radius 2 is 2.23 bits per heavy atom. The summed E-state index contributed by atoms with van der Waals surface area (Å²) in [6, 6.07) is 2.98. The van der Waals surface area contributed by atoms with E-state index in [2.05, 4.69) is 10.6 Å². The van der Waals surface area contributed by atoms with Gasteiger partial charge in [0, 0.05) is 11.4 Å². The fourth-order valence-electron chi connectivity index (χ4n) is 2.34. The zero-order valence-electron chi connectivity index (χ0n) is 12.8. The maximum absolute atomic E-state index is 12.1. The molecule has 0 spiro atoms. The summed E-state index contributed by atoms with van der Waals surface area (Å²) in [5.74, 6) is -0.328. The lowest BCUT2D eigenvalue weighted by Crippen LogP contribution is -2.41. The van der Waals surface area contributed by atoms with E-state index in [1.165, 1.54) is 4.88 Å². The van der Waals surface area contributed by atoms with Crippen LogP contribution in [0.2, 0.25) is 0 Å². The molecule has 0 saturated carbocycles. The molecular formula is C15H21N3O3S. The number of thiophene rings is 1. The van der Waals surface area contributed by atoms with Crippen LogP contribution in [0.25, 0.3) is 0 Å². The van der Waals surface area contributed by atoms with Crippen LogP contribution in [0.4, 0.5) is 4.79 Å². The molecule has 0 aromatic carbocycles.